The lowest BCUT2D eigenvalue weighted by Crippen LogP contribution is -2.54. The molecule has 0 saturated carbocycles. The molecule has 1 rings (SSSR count). The lowest BCUT2D eigenvalue weighted by Gasteiger charge is -2.37. The standard InChI is InChI=1S/C13H25N3O3/c1-4-5-11(2)14(3)13(19)16-8-6-15(7-9-16)10-12(17)18/h11H,4-10H2,1-3H3,(H,17,18). The molecule has 1 heterocycles. The Balaban J connectivity index is 2.42. The summed E-state index contributed by atoms with van der Waals surface area (Å²) in [6, 6.07) is 0.297. The summed E-state index contributed by atoms with van der Waals surface area (Å²) in [6.07, 6.45) is 2.06. The van der Waals surface area contributed by atoms with Gasteiger partial charge >= 0.3 is 12.0 Å². The number of piperazine rings is 1. The van der Waals surface area contributed by atoms with Gasteiger partial charge in [0.15, 0.2) is 0 Å². The first-order valence-electron chi connectivity index (χ1n) is 6.91. The Morgan fingerprint density at radius 2 is 1.84 bits per heavy atom. The first kappa shape index (κ1) is 15.8. The number of carbonyl (C=O) groups is 2. The Morgan fingerprint density at radius 1 is 1.26 bits per heavy atom. The molecule has 19 heavy (non-hydrogen) atoms. The normalized spacial score (nSPS) is 18.2. The van der Waals surface area contributed by atoms with Crippen molar-refractivity contribution in [2.24, 2.45) is 0 Å². The molecule has 6 nitrogen and oxygen atoms in total. The van der Waals surface area contributed by atoms with Crippen molar-refractivity contribution in [2.75, 3.05) is 39.8 Å². The predicted molar refractivity (Wildman–Crippen MR) is 73.2 cm³/mol. The lowest BCUT2D eigenvalue weighted by molar-refractivity contribution is -0.138. The maximum atomic E-state index is 12.3. The van der Waals surface area contributed by atoms with E-state index in [9.17, 15) is 9.59 Å². The summed E-state index contributed by atoms with van der Waals surface area (Å²) in [6.45, 7) is 6.71. The summed E-state index contributed by atoms with van der Waals surface area (Å²) in [4.78, 5) is 28.3. The van der Waals surface area contributed by atoms with E-state index in [4.69, 9.17) is 5.11 Å². The third kappa shape index (κ3) is 4.70. The molecule has 1 N–H and O–H groups in total. The van der Waals surface area contributed by atoms with E-state index in [1.165, 1.54) is 0 Å². The number of amides is 2. The van der Waals surface area contributed by atoms with Crippen LogP contribution in [0.25, 0.3) is 0 Å². The summed E-state index contributed by atoms with van der Waals surface area (Å²) >= 11 is 0. The van der Waals surface area contributed by atoms with Crippen LogP contribution in [0.1, 0.15) is 26.7 Å². The molecule has 1 atom stereocenters. The second kappa shape index (κ2) is 7.33. The predicted octanol–water partition coefficient (Wildman–Crippen LogP) is 0.929. The largest absolute Gasteiger partial charge is 0.480 e. The minimum absolute atomic E-state index is 0.0518. The fourth-order valence-corrected chi connectivity index (χ4v) is 2.31. The molecular weight excluding hydrogens is 246 g/mol. The van der Waals surface area contributed by atoms with Crippen molar-refractivity contribution in [2.45, 2.75) is 32.7 Å². The molecule has 1 saturated heterocycles. The Hall–Kier alpha value is -1.30. The molecule has 1 fully saturated rings. The highest BCUT2D eigenvalue weighted by Crippen LogP contribution is 2.10. The minimum Gasteiger partial charge on any atom is -0.480 e. The van der Waals surface area contributed by atoms with Crippen LogP contribution < -0.4 is 0 Å². The van der Waals surface area contributed by atoms with Crippen molar-refractivity contribution in [1.29, 1.82) is 0 Å². The average Bonchev–Trinajstić information content (AvgIpc) is 2.37. The molecule has 0 aromatic rings. The topological polar surface area (TPSA) is 64.1 Å². The third-order valence-electron chi connectivity index (χ3n) is 3.67. The van der Waals surface area contributed by atoms with Crippen LogP contribution in [0.3, 0.4) is 0 Å². The van der Waals surface area contributed by atoms with Crippen molar-refractivity contribution in [3.8, 4) is 0 Å². The quantitative estimate of drug-likeness (QED) is 0.808. The van der Waals surface area contributed by atoms with Gasteiger partial charge in [0.1, 0.15) is 0 Å². The number of hydrogen-bond acceptors (Lipinski definition) is 3. The van der Waals surface area contributed by atoms with Crippen LogP contribution in [0.2, 0.25) is 0 Å². The molecule has 0 spiro atoms. The highest BCUT2D eigenvalue weighted by Gasteiger charge is 2.25. The summed E-state index contributed by atoms with van der Waals surface area (Å²) in [7, 11) is 1.84. The van der Waals surface area contributed by atoms with Crippen LogP contribution in [0, 0.1) is 0 Å². The maximum absolute atomic E-state index is 12.3. The fourth-order valence-electron chi connectivity index (χ4n) is 2.31. The highest BCUT2D eigenvalue weighted by atomic mass is 16.4. The van der Waals surface area contributed by atoms with Gasteiger partial charge < -0.3 is 14.9 Å². The average molecular weight is 271 g/mol. The summed E-state index contributed by atoms with van der Waals surface area (Å²) < 4.78 is 0. The van der Waals surface area contributed by atoms with Gasteiger partial charge in [-0.3, -0.25) is 9.69 Å². The van der Waals surface area contributed by atoms with Crippen molar-refractivity contribution in [3.63, 3.8) is 0 Å². The van der Waals surface area contributed by atoms with Gasteiger partial charge in [0.05, 0.1) is 6.54 Å². The molecule has 1 aliphatic heterocycles. The zero-order chi connectivity index (χ0) is 14.4. The summed E-state index contributed by atoms with van der Waals surface area (Å²) in [5.74, 6) is -0.812. The lowest BCUT2D eigenvalue weighted by atomic mass is 10.2. The molecule has 1 aliphatic rings. The van der Waals surface area contributed by atoms with Crippen LogP contribution in [0.5, 0.6) is 0 Å². The van der Waals surface area contributed by atoms with E-state index in [1.54, 1.807) is 4.90 Å². The number of rotatable bonds is 5. The first-order chi connectivity index (χ1) is 8.95. The van der Waals surface area contributed by atoms with Gasteiger partial charge in [-0.05, 0) is 13.3 Å². The third-order valence-corrected chi connectivity index (χ3v) is 3.67. The number of aliphatic carboxylic acids is 1. The molecular formula is C13H25N3O3. The number of carbonyl (C=O) groups excluding carboxylic acids is 1. The van der Waals surface area contributed by atoms with Gasteiger partial charge in [0, 0.05) is 39.3 Å². The Bertz CT molecular complexity index is 314. The zero-order valence-corrected chi connectivity index (χ0v) is 12.1. The summed E-state index contributed by atoms with van der Waals surface area (Å²) in [5, 5.41) is 8.73. The van der Waals surface area contributed by atoms with Crippen LogP contribution in [-0.4, -0.2) is 77.6 Å². The van der Waals surface area contributed by atoms with Crippen LogP contribution >= 0.6 is 0 Å². The molecule has 0 bridgehead atoms. The Kier molecular flexibility index (Phi) is 6.08. The molecule has 2 amide bonds. The van der Waals surface area contributed by atoms with Crippen LogP contribution in [-0.2, 0) is 4.79 Å². The van der Waals surface area contributed by atoms with Gasteiger partial charge in [-0.25, -0.2) is 4.79 Å². The molecule has 0 radical (unpaired) electrons. The smallest absolute Gasteiger partial charge is 0.320 e. The van der Waals surface area contributed by atoms with Crippen molar-refractivity contribution >= 4 is 12.0 Å². The maximum Gasteiger partial charge on any atom is 0.320 e. The Morgan fingerprint density at radius 3 is 2.32 bits per heavy atom. The van der Waals surface area contributed by atoms with Crippen LogP contribution in [0.4, 0.5) is 4.79 Å². The molecule has 110 valence electrons. The second-order valence-corrected chi connectivity index (χ2v) is 5.19. The molecule has 0 aromatic carbocycles. The van der Waals surface area contributed by atoms with Crippen molar-refractivity contribution in [3.05, 3.63) is 0 Å². The fraction of sp³-hybridized carbons (Fsp3) is 0.846. The number of urea groups is 1. The van der Waals surface area contributed by atoms with E-state index in [-0.39, 0.29) is 18.6 Å². The first-order valence-corrected chi connectivity index (χ1v) is 6.91. The van der Waals surface area contributed by atoms with Crippen LogP contribution in [0.15, 0.2) is 0 Å². The number of hydrogen-bond donors (Lipinski definition) is 1. The SMILES string of the molecule is CCCC(C)N(C)C(=O)N1CCN(CC(=O)O)CC1. The van der Waals surface area contributed by atoms with E-state index in [0.717, 1.165) is 12.8 Å². The molecule has 1 unspecified atom stereocenters. The summed E-state index contributed by atoms with van der Waals surface area (Å²) in [5.41, 5.74) is 0. The number of nitrogens with zero attached hydrogens (tertiary/aromatic N) is 3. The van der Waals surface area contributed by atoms with Gasteiger partial charge in [-0.15, -0.1) is 0 Å². The molecule has 6 heteroatoms. The van der Waals surface area contributed by atoms with Crippen molar-refractivity contribution in [1.82, 2.24) is 14.7 Å². The van der Waals surface area contributed by atoms with Gasteiger partial charge in [0.2, 0.25) is 0 Å². The van der Waals surface area contributed by atoms with E-state index in [1.807, 2.05) is 16.8 Å². The number of carboxylic acid groups (broad SMARTS) is 1. The minimum atomic E-state index is -0.812. The second-order valence-electron chi connectivity index (χ2n) is 5.19. The number of carboxylic acids is 1. The van der Waals surface area contributed by atoms with Crippen molar-refractivity contribution < 1.29 is 14.7 Å². The zero-order valence-electron chi connectivity index (χ0n) is 12.1. The van der Waals surface area contributed by atoms with E-state index in [2.05, 4.69) is 13.8 Å². The van der Waals surface area contributed by atoms with Gasteiger partial charge in [-0.1, -0.05) is 13.3 Å². The highest BCUT2D eigenvalue weighted by molar-refractivity contribution is 5.74. The Labute approximate surface area is 115 Å². The van der Waals surface area contributed by atoms with E-state index in [0.29, 0.717) is 26.2 Å². The van der Waals surface area contributed by atoms with Gasteiger partial charge in [-0.2, -0.15) is 0 Å². The molecule has 0 aromatic heterocycles. The van der Waals surface area contributed by atoms with E-state index >= 15 is 0 Å². The van der Waals surface area contributed by atoms with E-state index < -0.39 is 5.97 Å². The monoisotopic (exact) mass is 271 g/mol. The molecule has 0 aliphatic carbocycles. The van der Waals surface area contributed by atoms with Gasteiger partial charge in [0.25, 0.3) is 0 Å².